The Morgan fingerprint density at radius 3 is 2.43 bits per heavy atom. The predicted molar refractivity (Wildman–Crippen MR) is 139 cm³/mol. The second kappa shape index (κ2) is 9.99. The summed E-state index contributed by atoms with van der Waals surface area (Å²) in [7, 11) is 0. The first-order valence-electron chi connectivity index (χ1n) is 11.0. The van der Waals surface area contributed by atoms with Crippen molar-refractivity contribution in [3.63, 3.8) is 0 Å². The zero-order valence-corrected chi connectivity index (χ0v) is 19.8. The maximum Gasteiger partial charge on any atom is 0.283 e. The molecule has 2 aliphatic heterocycles. The van der Waals surface area contributed by atoms with Crippen molar-refractivity contribution in [2.45, 2.75) is 6.92 Å². The number of hydrogen-bond acceptors (Lipinski definition) is 6. The van der Waals surface area contributed by atoms with Gasteiger partial charge in [0.15, 0.2) is 5.84 Å². The van der Waals surface area contributed by atoms with Gasteiger partial charge >= 0.3 is 0 Å². The SMILES string of the molecule is Cc1cccc(OCCOc2ccc(/C=C3/C(=N)N4N=C(c5ccccc5)SC4=NC3=O)cc2)c1. The molecule has 0 saturated heterocycles. The molecule has 2 aliphatic rings. The molecule has 0 aliphatic carbocycles. The Kier molecular flexibility index (Phi) is 6.45. The number of aliphatic imine (C=N–C) groups is 1. The van der Waals surface area contributed by atoms with Crippen molar-refractivity contribution < 1.29 is 14.3 Å². The van der Waals surface area contributed by atoms with Gasteiger partial charge in [-0.2, -0.15) is 15.1 Å². The monoisotopic (exact) mass is 482 g/mol. The van der Waals surface area contributed by atoms with E-state index in [1.807, 2.05) is 85.8 Å². The molecule has 2 heterocycles. The van der Waals surface area contributed by atoms with E-state index in [-0.39, 0.29) is 11.4 Å². The van der Waals surface area contributed by atoms with E-state index in [0.29, 0.717) is 29.2 Å². The molecule has 5 rings (SSSR count). The highest BCUT2D eigenvalue weighted by molar-refractivity contribution is 8.27. The molecule has 0 aromatic heterocycles. The van der Waals surface area contributed by atoms with Crippen molar-refractivity contribution in [2.24, 2.45) is 10.1 Å². The number of carbonyl (C=O) groups excluding carboxylic acids is 1. The first-order chi connectivity index (χ1) is 17.1. The van der Waals surface area contributed by atoms with Crippen LogP contribution in [0.15, 0.2) is 94.5 Å². The van der Waals surface area contributed by atoms with Crippen molar-refractivity contribution in [1.29, 1.82) is 5.41 Å². The summed E-state index contributed by atoms with van der Waals surface area (Å²) in [5.74, 6) is 1.06. The van der Waals surface area contributed by atoms with Crippen LogP contribution in [0.5, 0.6) is 11.5 Å². The highest BCUT2D eigenvalue weighted by Crippen LogP contribution is 2.31. The third-order valence-corrected chi connectivity index (χ3v) is 6.23. The lowest BCUT2D eigenvalue weighted by Gasteiger charge is -2.20. The van der Waals surface area contributed by atoms with Crippen molar-refractivity contribution in [1.82, 2.24) is 5.01 Å². The Labute approximate surface area is 207 Å². The van der Waals surface area contributed by atoms with Crippen LogP contribution in [-0.2, 0) is 4.79 Å². The Morgan fingerprint density at radius 2 is 1.69 bits per heavy atom. The van der Waals surface area contributed by atoms with E-state index in [1.54, 1.807) is 6.08 Å². The molecule has 0 unspecified atom stereocenters. The molecular weight excluding hydrogens is 460 g/mol. The fourth-order valence-electron chi connectivity index (χ4n) is 3.54. The maximum absolute atomic E-state index is 12.6. The zero-order chi connectivity index (χ0) is 24.2. The smallest absolute Gasteiger partial charge is 0.283 e. The maximum atomic E-state index is 12.6. The molecule has 3 aromatic rings. The van der Waals surface area contributed by atoms with Crippen LogP contribution in [0.25, 0.3) is 6.08 Å². The summed E-state index contributed by atoms with van der Waals surface area (Å²) in [5, 5.41) is 15.6. The van der Waals surface area contributed by atoms with Gasteiger partial charge in [0.25, 0.3) is 5.91 Å². The van der Waals surface area contributed by atoms with Gasteiger partial charge in [-0.15, -0.1) is 0 Å². The minimum absolute atomic E-state index is 0.00653. The van der Waals surface area contributed by atoms with Crippen LogP contribution in [0.2, 0.25) is 0 Å². The first kappa shape index (κ1) is 22.6. The summed E-state index contributed by atoms with van der Waals surface area (Å²) in [6, 6.07) is 24.8. The fraction of sp³-hybridized carbons (Fsp3) is 0.111. The van der Waals surface area contributed by atoms with E-state index < -0.39 is 5.91 Å². The summed E-state index contributed by atoms with van der Waals surface area (Å²) in [5.41, 5.74) is 3.01. The van der Waals surface area contributed by atoms with E-state index in [4.69, 9.17) is 14.9 Å². The van der Waals surface area contributed by atoms with E-state index in [0.717, 1.165) is 22.4 Å². The highest BCUT2D eigenvalue weighted by atomic mass is 32.2. The molecule has 35 heavy (non-hydrogen) atoms. The van der Waals surface area contributed by atoms with Crippen LogP contribution in [0.4, 0.5) is 0 Å². The van der Waals surface area contributed by atoms with Crippen LogP contribution in [0.1, 0.15) is 16.7 Å². The van der Waals surface area contributed by atoms with Gasteiger partial charge in [0, 0.05) is 5.56 Å². The van der Waals surface area contributed by atoms with Crippen molar-refractivity contribution in [3.8, 4) is 11.5 Å². The van der Waals surface area contributed by atoms with E-state index in [2.05, 4.69) is 10.1 Å². The average molecular weight is 483 g/mol. The number of amidine groups is 2. The summed E-state index contributed by atoms with van der Waals surface area (Å²) < 4.78 is 11.5. The number of aryl methyl sites for hydroxylation is 1. The molecule has 174 valence electrons. The van der Waals surface area contributed by atoms with Crippen molar-refractivity contribution in [3.05, 3.63) is 101 Å². The summed E-state index contributed by atoms with van der Waals surface area (Å²) in [4.78, 5) is 16.8. The predicted octanol–water partition coefficient (Wildman–Crippen LogP) is 5.12. The number of thioether (sulfide) groups is 1. The van der Waals surface area contributed by atoms with Gasteiger partial charge in [-0.3, -0.25) is 10.2 Å². The van der Waals surface area contributed by atoms with Crippen LogP contribution in [-0.4, -0.2) is 40.2 Å². The number of fused-ring (bicyclic) bond motifs is 1. The molecule has 0 fully saturated rings. The van der Waals surface area contributed by atoms with Crippen LogP contribution in [0, 0.1) is 12.3 Å². The molecule has 0 bridgehead atoms. The molecule has 1 amide bonds. The molecule has 1 N–H and O–H groups in total. The van der Waals surface area contributed by atoms with Crippen LogP contribution >= 0.6 is 11.8 Å². The van der Waals surface area contributed by atoms with Crippen LogP contribution < -0.4 is 9.47 Å². The number of ether oxygens (including phenoxy) is 2. The standard InChI is InChI=1S/C27H22N4O3S/c1-18-6-5-9-22(16-18)34-15-14-33-21-12-10-19(11-13-21)17-23-24(28)31-27(29-25(23)32)35-26(30-31)20-7-3-2-4-8-20/h2-13,16-17,28H,14-15H2,1H3/b23-17-,28-24?. The van der Waals surface area contributed by atoms with Gasteiger partial charge in [0.05, 0.1) is 5.57 Å². The third kappa shape index (κ3) is 5.17. The number of hydrazone groups is 1. The Balaban J connectivity index is 1.22. The zero-order valence-electron chi connectivity index (χ0n) is 19.0. The molecule has 0 spiro atoms. The Morgan fingerprint density at radius 1 is 0.943 bits per heavy atom. The van der Waals surface area contributed by atoms with Gasteiger partial charge in [-0.25, -0.2) is 0 Å². The molecular formula is C27H22N4O3S. The fourth-order valence-corrected chi connectivity index (χ4v) is 4.44. The molecule has 0 atom stereocenters. The number of nitrogens with one attached hydrogen (secondary N) is 1. The Hall–Kier alpha value is -4.17. The van der Waals surface area contributed by atoms with Gasteiger partial charge in [0.1, 0.15) is 29.8 Å². The lowest BCUT2D eigenvalue weighted by Crippen LogP contribution is -2.35. The largest absolute Gasteiger partial charge is 0.490 e. The van der Waals surface area contributed by atoms with Gasteiger partial charge in [-0.05, 0) is 60.2 Å². The number of hydrogen-bond donors (Lipinski definition) is 1. The summed E-state index contributed by atoms with van der Waals surface area (Å²) >= 11 is 1.28. The minimum Gasteiger partial charge on any atom is -0.490 e. The lowest BCUT2D eigenvalue weighted by atomic mass is 10.1. The number of nitrogens with zero attached hydrogens (tertiary/aromatic N) is 3. The first-order valence-corrected chi connectivity index (χ1v) is 11.9. The molecule has 0 saturated carbocycles. The normalized spacial score (nSPS) is 16.1. The topological polar surface area (TPSA) is 87.3 Å². The number of rotatable bonds is 7. The van der Waals surface area contributed by atoms with Crippen molar-refractivity contribution >= 4 is 39.8 Å². The quantitative estimate of drug-likeness (QED) is 0.373. The lowest BCUT2D eigenvalue weighted by molar-refractivity contribution is -0.114. The molecule has 8 heteroatoms. The number of amides is 1. The van der Waals surface area contributed by atoms with Crippen LogP contribution in [0.3, 0.4) is 0 Å². The molecule has 0 radical (unpaired) electrons. The Bertz CT molecular complexity index is 1360. The number of benzene rings is 3. The number of carbonyl (C=O) groups is 1. The summed E-state index contributed by atoms with van der Waals surface area (Å²) in [6.07, 6.45) is 1.65. The average Bonchev–Trinajstić information content (AvgIpc) is 3.30. The van der Waals surface area contributed by atoms with Gasteiger partial charge in [-0.1, -0.05) is 54.6 Å². The summed E-state index contributed by atoms with van der Waals surface area (Å²) in [6.45, 7) is 2.86. The van der Waals surface area contributed by atoms with E-state index >= 15 is 0 Å². The van der Waals surface area contributed by atoms with E-state index in [1.165, 1.54) is 16.8 Å². The van der Waals surface area contributed by atoms with Gasteiger partial charge in [0.2, 0.25) is 5.17 Å². The van der Waals surface area contributed by atoms with E-state index in [9.17, 15) is 4.79 Å². The second-order valence-corrected chi connectivity index (χ2v) is 8.83. The second-order valence-electron chi connectivity index (χ2n) is 7.87. The third-order valence-electron chi connectivity index (χ3n) is 5.28. The van der Waals surface area contributed by atoms with Crippen molar-refractivity contribution in [2.75, 3.05) is 13.2 Å². The van der Waals surface area contributed by atoms with Gasteiger partial charge < -0.3 is 9.47 Å². The minimum atomic E-state index is -0.452. The molecule has 7 nitrogen and oxygen atoms in total. The molecule has 3 aromatic carbocycles. The highest BCUT2D eigenvalue weighted by Gasteiger charge is 2.35.